The van der Waals surface area contributed by atoms with E-state index in [0.717, 1.165) is 29.9 Å². The third-order valence-corrected chi connectivity index (χ3v) is 5.15. The molecule has 1 aromatic heterocycles. The van der Waals surface area contributed by atoms with Crippen LogP contribution in [0.15, 0.2) is 48.7 Å². The second kappa shape index (κ2) is 7.73. The molecule has 0 unspecified atom stereocenters. The zero-order valence-corrected chi connectivity index (χ0v) is 15.9. The number of imidazole rings is 1. The van der Waals surface area contributed by atoms with Crippen molar-refractivity contribution in [1.29, 1.82) is 0 Å². The van der Waals surface area contributed by atoms with Gasteiger partial charge in [0.1, 0.15) is 11.6 Å². The van der Waals surface area contributed by atoms with E-state index in [4.69, 9.17) is 17.3 Å². The molecule has 1 saturated carbocycles. The summed E-state index contributed by atoms with van der Waals surface area (Å²) in [6.07, 6.45) is 4.00. The maximum Gasteiger partial charge on any atom is 0.248 e. The third-order valence-electron chi connectivity index (χ3n) is 4.89. The first kappa shape index (κ1) is 18.7. The number of benzene rings is 2. The summed E-state index contributed by atoms with van der Waals surface area (Å²) in [6.45, 7) is 1.10. The minimum atomic E-state index is -0.628. The molecule has 2 aromatic carbocycles. The molecule has 1 amide bonds. The molecule has 0 radical (unpaired) electrons. The summed E-state index contributed by atoms with van der Waals surface area (Å²) in [5.74, 6) is -0.260. The Balaban J connectivity index is 1.49. The summed E-state index contributed by atoms with van der Waals surface area (Å²) in [5.41, 5.74) is 7.87. The Hall–Kier alpha value is -2.70. The van der Waals surface area contributed by atoms with E-state index in [-0.39, 0.29) is 5.56 Å². The highest BCUT2D eigenvalue weighted by atomic mass is 35.5. The smallest absolute Gasteiger partial charge is 0.248 e. The van der Waals surface area contributed by atoms with Gasteiger partial charge in [0.15, 0.2) is 0 Å². The molecule has 5 nitrogen and oxygen atoms in total. The molecule has 144 valence electrons. The van der Waals surface area contributed by atoms with Crippen LogP contribution in [0, 0.1) is 5.82 Å². The number of nitrogens with two attached hydrogens (primary N) is 1. The second-order valence-electron chi connectivity index (χ2n) is 7.07. The highest BCUT2D eigenvalue weighted by molar-refractivity contribution is 6.30. The number of nitrogens with zero attached hydrogens (tertiary/aromatic N) is 2. The van der Waals surface area contributed by atoms with Crippen molar-refractivity contribution in [1.82, 2.24) is 14.9 Å². The molecule has 4 rings (SSSR count). The molecule has 3 aromatic rings. The number of aromatic nitrogens is 2. The van der Waals surface area contributed by atoms with Crippen molar-refractivity contribution in [3.05, 3.63) is 76.3 Å². The molecule has 1 aliphatic rings. The number of nitrogens with one attached hydrogen (secondary N) is 1. The van der Waals surface area contributed by atoms with Crippen LogP contribution in [0.1, 0.15) is 34.5 Å². The molecule has 1 fully saturated rings. The molecule has 0 aliphatic heterocycles. The van der Waals surface area contributed by atoms with E-state index in [1.54, 1.807) is 12.1 Å². The number of carbonyl (C=O) groups excluding carboxylic acids is 1. The minimum absolute atomic E-state index is 0.181. The number of carbonyl (C=O) groups is 1. The van der Waals surface area contributed by atoms with Gasteiger partial charge in [-0.2, -0.15) is 0 Å². The van der Waals surface area contributed by atoms with Gasteiger partial charge in [0.05, 0.1) is 0 Å². The summed E-state index contributed by atoms with van der Waals surface area (Å²) in [6, 6.07) is 12.3. The fourth-order valence-electron chi connectivity index (χ4n) is 3.21. The van der Waals surface area contributed by atoms with Crippen LogP contribution in [0.3, 0.4) is 0 Å². The molecule has 7 heteroatoms. The number of amides is 1. The standard InChI is InChI=1S/C21H20ClFN4O/c22-16-5-3-13(4-6-16)21-25-10-17(26-21)12-27(18-7-8-18)11-15-2-1-14(20(24)28)9-19(15)23/h1-6,9-10,18H,7-8,11-12H2,(H2,24,28)(H,25,26). The zero-order valence-electron chi connectivity index (χ0n) is 15.2. The molecule has 3 N–H and O–H groups in total. The van der Waals surface area contributed by atoms with Crippen LogP contribution in [-0.4, -0.2) is 26.8 Å². The number of halogens is 2. The van der Waals surface area contributed by atoms with Crippen molar-refractivity contribution >= 4 is 17.5 Å². The van der Waals surface area contributed by atoms with Gasteiger partial charge in [0.25, 0.3) is 0 Å². The summed E-state index contributed by atoms with van der Waals surface area (Å²) in [7, 11) is 0. The monoisotopic (exact) mass is 398 g/mol. The van der Waals surface area contributed by atoms with Crippen molar-refractivity contribution in [3.8, 4) is 11.4 Å². The van der Waals surface area contributed by atoms with Crippen molar-refractivity contribution < 1.29 is 9.18 Å². The summed E-state index contributed by atoms with van der Waals surface area (Å²) < 4.78 is 14.4. The fourth-order valence-corrected chi connectivity index (χ4v) is 3.34. The average molecular weight is 399 g/mol. The summed E-state index contributed by atoms with van der Waals surface area (Å²) in [4.78, 5) is 21.2. The molecule has 0 spiro atoms. The number of hydrogen-bond donors (Lipinski definition) is 2. The van der Waals surface area contributed by atoms with Crippen LogP contribution in [0.5, 0.6) is 0 Å². The highest BCUT2D eigenvalue weighted by Gasteiger charge is 2.30. The zero-order chi connectivity index (χ0) is 19.7. The van der Waals surface area contributed by atoms with Gasteiger partial charge in [-0.25, -0.2) is 9.37 Å². The third kappa shape index (κ3) is 4.24. The van der Waals surface area contributed by atoms with Crippen LogP contribution >= 0.6 is 11.6 Å². The van der Waals surface area contributed by atoms with Gasteiger partial charge >= 0.3 is 0 Å². The number of hydrogen-bond acceptors (Lipinski definition) is 3. The van der Waals surface area contributed by atoms with Crippen LogP contribution in [-0.2, 0) is 13.1 Å². The van der Waals surface area contributed by atoms with E-state index in [0.29, 0.717) is 29.7 Å². The molecular weight excluding hydrogens is 379 g/mol. The maximum atomic E-state index is 14.4. The van der Waals surface area contributed by atoms with Crippen LogP contribution in [0.25, 0.3) is 11.4 Å². The summed E-state index contributed by atoms with van der Waals surface area (Å²) >= 11 is 5.94. The Morgan fingerprint density at radius 1 is 1.21 bits per heavy atom. The largest absolute Gasteiger partial charge is 0.366 e. The Morgan fingerprint density at radius 2 is 1.96 bits per heavy atom. The van der Waals surface area contributed by atoms with Gasteiger partial charge in [0.2, 0.25) is 5.91 Å². The van der Waals surface area contributed by atoms with Crippen molar-refractivity contribution in [2.45, 2.75) is 32.0 Å². The first-order valence-electron chi connectivity index (χ1n) is 9.11. The second-order valence-corrected chi connectivity index (χ2v) is 7.51. The first-order valence-corrected chi connectivity index (χ1v) is 9.49. The minimum Gasteiger partial charge on any atom is -0.366 e. The molecular formula is C21H20ClFN4O. The predicted molar refractivity (Wildman–Crippen MR) is 106 cm³/mol. The van der Waals surface area contributed by atoms with Gasteiger partial charge in [-0.15, -0.1) is 0 Å². The van der Waals surface area contributed by atoms with Gasteiger partial charge in [-0.3, -0.25) is 9.69 Å². The Morgan fingerprint density at radius 3 is 2.61 bits per heavy atom. The van der Waals surface area contributed by atoms with E-state index in [2.05, 4.69) is 14.9 Å². The van der Waals surface area contributed by atoms with E-state index in [1.165, 1.54) is 6.07 Å². The number of aromatic amines is 1. The predicted octanol–water partition coefficient (Wildman–Crippen LogP) is 4.13. The Kier molecular flexibility index (Phi) is 5.15. The molecule has 1 heterocycles. The van der Waals surface area contributed by atoms with Crippen LogP contribution in [0.4, 0.5) is 4.39 Å². The topological polar surface area (TPSA) is 75.0 Å². The van der Waals surface area contributed by atoms with E-state index in [1.807, 2.05) is 30.5 Å². The van der Waals surface area contributed by atoms with E-state index >= 15 is 0 Å². The lowest BCUT2D eigenvalue weighted by molar-refractivity contribution is 0.1000. The van der Waals surface area contributed by atoms with Crippen molar-refractivity contribution in [3.63, 3.8) is 0 Å². The van der Waals surface area contributed by atoms with E-state index in [9.17, 15) is 9.18 Å². The van der Waals surface area contributed by atoms with E-state index < -0.39 is 11.7 Å². The number of primary amides is 1. The van der Waals surface area contributed by atoms with Crippen LogP contribution < -0.4 is 5.73 Å². The average Bonchev–Trinajstić information content (AvgIpc) is 3.42. The Bertz CT molecular complexity index is 998. The molecule has 0 bridgehead atoms. The number of H-pyrrole nitrogens is 1. The maximum absolute atomic E-state index is 14.4. The van der Waals surface area contributed by atoms with Gasteiger partial charge in [0, 0.05) is 52.7 Å². The first-order chi connectivity index (χ1) is 13.5. The highest BCUT2D eigenvalue weighted by Crippen LogP contribution is 2.30. The lowest BCUT2D eigenvalue weighted by Crippen LogP contribution is -2.26. The normalized spacial score (nSPS) is 13.8. The fraction of sp³-hybridized carbons (Fsp3) is 0.238. The molecule has 0 saturated heterocycles. The number of rotatable bonds is 7. The summed E-state index contributed by atoms with van der Waals surface area (Å²) in [5, 5.41) is 0.680. The van der Waals surface area contributed by atoms with Gasteiger partial charge in [-0.1, -0.05) is 17.7 Å². The van der Waals surface area contributed by atoms with Gasteiger partial charge < -0.3 is 10.7 Å². The molecule has 0 atom stereocenters. The SMILES string of the molecule is NC(=O)c1ccc(CN(Cc2cnc(-c3ccc(Cl)cc3)[nH]2)C2CC2)c(F)c1. The lowest BCUT2D eigenvalue weighted by atomic mass is 10.1. The van der Waals surface area contributed by atoms with Crippen molar-refractivity contribution in [2.24, 2.45) is 5.73 Å². The quantitative estimate of drug-likeness (QED) is 0.628. The van der Waals surface area contributed by atoms with Gasteiger partial charge in [-0.05, 0) is 49.2 Å². The molecule has 1 aliphatic carbocycles. The lowest BCUT2D eigenvalue weighted by Gasteiger charge is -2.21. The Labute approximate surface area is 167 Å². The van der Waals surface area contributed by atoms with Crippen LogP contribution in [0.2, 0.25) is 5.02 Å². The van der Waals surface area contributed by atoms with Crippen molar-refractivity contribution in [2.75, 3.05) is 0 Å². The molecule has 28 heavy (non-hydrogen) atoms.